The molecule has 1 amide bonds. The van der Waals surface area contributed by atoms with Crippen LogP contribution in [0.25, 0.3) is 5.88 Å². The van der Waals surface area contributed by atoms with E-state index in [2.05, 4.69) is 23.5 Å². The number of amides is 1. The Morgan fingerprint density at radius 3 is 2.45 bits per heavy atom. The van der Waals surface area contributed by atoms with Gasteiger partial charge >= 0.3 is 0 Å². The fourth-order valence-corrected chi connectivity index (χ4v) is 3.36. The van der Waals surface area contributed by atoms with E-state index in [0.717, 1.165) is 11.1 Å². The Labute approximate surface area is 168 Å². The molecule has 0 radical (unpaired) electrons. The van der Waals surface area contributed by atoms with E-state index < -0.39 is 0 Å². The van der Waals surface area contributed by atoms with E-state index in [-0.39, 0.29) is 17.0 Å². The van der Waals surface area contributed by atoms with Crippen molar-refractivity contribution in [2.24, 2.45) is 0 Å². The SMILES string of the molecule is Cc1oc(-n2cccc2)c(C#N)c1C(=O)Nc1ccccc1Cc1ccccc1. The van der Waals surface area contributed by atoms with Gasteiger partial charge in [0.2, 0.25) is 5.88 Å². The van der Waals surface area contributed by atoms with Crippen molar-refractivity contribution in [1.82, 2.24) is 4.57 Å². The van der Waals surface area contributed by atoms with E-state index >= 15 is 0 Å². The molecule has 1 N–H and O–H groups in total. The topological polar surface area (TPSA) is 71.0 Å². The Morgan fingerprint density at radius 2 is 1.72 bits per heavy atom. The molecule has 2 aromatic heterocycles. The van der Waals surface area contributed by atoms with Crippen molar-refractivity contribution >= 4 is 11.6 Å². The minimum Gasteiger partial charge on any atom is -0.443 e. The lowest BCUT2D eigenvalue weighted by atomic mass is 10.0. The summed E-state index contributed by atoms with van der Waals surface area (Å²) in [6.45, 7) is 1.69. The number of nitrogens with zero attached hydrogens (tertiary/aromatic N) is 2. The van der Waals surface area contributed by atoms with Crippen LogP contribution in [-0.4, -0.2) is 10.5 Å². The van der Waals surface area contributed by atoms with Gasteiger partial charge in [-0.1, -0.05) is 48.5 Å². The normalized spacial score (nSPS) is 10.5. The molecule has 0 fully saturated rings. The lowest BCUT2D eigenvalue weighted by Gasteiger charge is -2.11. The van der Waals surface area contributed by atoms with E-state index in [1.165, 1.54) is 0 Å². The first-order chi connectivity index (χ1) is 14.2. The molecule has 29 heavy (non-hydrogen) atoms. The molecule has 142 valence electrons. The van der Waals surface area contributed by atoms with Crippen molar-refractivity contribution in [2.75, 3.05) is 5.32 Å². The number of anilines is 1. The molecule has 0 aliphatic heterocycles. The average molecular weight is 381 g/mol. The maximum atomic E-state index is 13.1. The fourth-order valence-electron chi connectivity index (χ4n) is 3.36. The number of carbonyl (C=O) groups excluding carboxylic acids is 1. The first-order valence-corrected chi connectivity index (χ1v) is 9.27. The Morgan fingerprint density at radius 1 is 1.03 bits per heavy atom. The average Bonchev–Trinajstić information content (AvgIpc) is 3.37. The standard InChI is InChI=1S/C24H19N3O2/c1-17-22(20(16-25)24(29-17)27-13-7-8-14-27)23(28)26-21-12-6-5-11-19(21)15-18-9-3-2-4-10-18/h2-14H,15H2,1H3,(H,26,28). The Balaban J connectivity index is 1.65. The summed E-state index contributed by atoms with van der Waals surface area (Å²) in [5, 5.41) is 12.6. The Bertz CT molecular complexity index is 1180. The van der Waals surface area contributed by atoms with Gasteiger partial charge in [0.25, 0.3) is 5.91 Å². The molecule has 0 unspecified atom stereocenters. The largest absolute Gasteiger partial charge is 0.443 e. The number of hydrogen-bond donors (Lipinski definition) is 1. The van der Waals surface area contributed by atoms with Crippen LogP contribution in [0.1, 0.15) is 32.8 Å². The van der Waals surface area contributed by atoms with E-state index in [1.807, 2.05) is 54.6 Å². The molecule has 2 heterocycles. The van der Waals surface area contributed by atoms with Crippen molar-refractivity contribution in [3.63, 3.8) is 0 Å². The third kappa shape index (κ3) is 3.69. The van der Waals surface area contributed by atoms with Crippen LogP contribution in [0, 0.1) is 18.3 Å². The summed E-state index contributed by atoms with van der Waals surface area (Å²) in [4.78, 5) is 13.1. The quantitative estimate of drug-likeness (QED) is 0.523. The lowest BCUT2D eigenvalue weighted by Crippen LogP contribution is -2.15. The molecular formula is C24H19N3O2. The number of nitrogens with one attached hydrogen (secondary N) is 1. The van der Waals surface area contributed by atoms with E-state index in [0.29, 0.717) is 23.8 Å². The van der Waals surface area contributed by atoms with E-state index in [4.69, 9.17) is 4.42 Å². The Hall–Kier alpha value is -4.04. The molecule has 5 heteroatoms. The zero-order valence-corrected chi connectivity index (χ0v) is 15.9. The molecule has 0 aliphatic carbocycles. The van der Waals surface area contributed by atoms with Crippen molar-refractivity contribution in [3.05, 3.63) is 107 Å². The van der Waals surface area contributed by atoms with Crippen molar-refractivity contribution in [2.45, 2.75) is 13.3 Å². The van der Waals surface area contributed by atoms with Gasteiger partial charge in [-0.25, -0.2) is 0 Å². The maximum Gasteiger partial charge on any atom is 0.260 e. The van der Waals surface area contributed by atoms with Gasteiger partial charge in [0.05, 0.1) is 0 Å². The number of benzene rings is 2. The minimum absolute atomic E-state index is 0.219. The van der Waals surface area contributed by atoms with Crippen molar-refractivity contribution in [3.8, 4) is 12.0 Å². The molecule has 0 saturated carbocycles. The fraction of sp³-hybridized carbons (Fsp3) is 0.0833. The number of carbonyl (C=O) groups is 1. The van der Waals surface area contributed by atoms with Crippen LogP contribution in [0.15, 0.2) is 83.5 Å². The molecule has 4 aromatic rings. The maximum absolute atomic E-state index is 13.1. The van der Waals surface area contributed by atoms with Crippen molar-refractivity contribution in [1.29, 1.82) is 5.26 Å². The highest BCUT2D eigenvalue weighted by molar-refractivity contribution is 6.07. The molecule has 0 bridgehead atoms. The summed E-state index contributed by atoms with van der Waals surface area (Å²) >= 11 is 0. The van der Waals surface area contributed by atoms with E-state index in [9.17, 15) is 10.1 Å². The minimum atomic E-state index is -0.360. The molecule has 0 spiro atoms. The van der Waals surface area contributed by atoms with Gasteiger partial charge < -0.3 is 9.73 Å². The van der Waals surface area contributed by atoms with Gasteiger partial charge in [-0.2, -0.15) is 5.26 Å². The number of hydrogen-bond acceptors (Lipinski definition) is 3. The number of rotatable bonds is 5. The number of furan rings is 1. The summed E-state index contributed by atoms with van der Waals surface area (Å²) in [7, 11) is 0. The zero-order valence-electron chi connectivity index (χ0n) is 15.9. The van der Waals surface area contributed by atoms with Crippen LogP contribution in [0.5, 0.6) is 0 Å². The highest BCUT2D eigenvalue weighted by Gasteiger charge is 2.25. The molecular weight excluding hydrogens is 362 g/mol. The first-order valence-electron chi connectivity index (χ1n) is 9.27. The molecule has 0 saturated heterocycles. The van der Waals surface area contributed by atoms with Gasteiger partial charge in [0, 0.05) is 18.1 Å². The van der Waals surface area contributed by atoms with Crippen LogP contribution < -0.4 is 5.32 Å². The second-order valence-corrected chi connectivity index (χ2v) is 6.69. The highest BCUT2D eigenvalue weighted by atomic mass is 16.4. The highest BCUT2D eigenvalue weighted by Crippen LogP contribution is 2.27. The molecule has 5 nitrogen and oxygen atoms in total. The number of aromatic nitrogens is 1. The van der Waals surface area contributed by atoms with Gasteiger partial charge in [0.1, 0.15) is 23.0 Å². The lowest BCUT2D eigenvalue weighted by molar-refractivity contribution is 0.102. The van der Waals surface area contributed by atoms with Crippen LogP contribution >= 0.6 is 0 Å². The molecule has 2 aromatic carbocycles. The first kappa shape index (κ1) is 18.3. The van der Waals surface area contributed by atoms with E-state index in [1.54, 1.807) is 23.9 Å². The number of nitriles is 1. The third-order valence-electron chi connectivity index (χ3n) is 4.75. The molecule has 0 atom stereocenters. The monoisotopic (exact) mass is 381 g/mol. The van der Waals surface area contributed by atoms with Crippen LogP contribution in [-0.2, 0) is 6.42 Å². The van der Waals surface area contributed by atoms with Crippen LogP contribution in [0.3, 0.4) is 0 Å². The molecule has 0 aliphatic rings. The van der Waals surface area contributed by atoms with Gasteiger partial charge in [-0.3, -0.25) is 9.36 Å². The summed E-state index contributed by atoms with van der Waals surface area (Å²) in [6.07, 6.45) is 4.24. The number of aryl methyl sites for hydroxylation is 1. The summed E-state index contributed by atoms with van der Waals surface area (Å²) in [6, 6.07) is 23.5. The van der Waals surface area contributed by atoms with Crippen LogP contribution in [0.2, 0.25) is 0 Å². The summed E-state index contributed by atoms with van der Waals surface area (Å²) < 4.78 is 7.43. The molecule has 4 rings (SSSR count). The van der Waals surface area contributed by atoms with Crippen LogP contribution in [0.4, 0.5) is 5.69 Å². The van der Waals surface area contributed by atoms with Gasteiger partial charge in [0.15, 0.2) is 0 Å². The zero-order chi connectivity index (χ0) is 20.2. The predicted octanol–water partition coefficient (Wildman–Crippen LogP) is 5.09. The Kier molecular flexibility index (Phi) is 5.00. The third-order valence-corrected chi connectivity index (χ3v) is 4.75. The van der Waals surface area contributed by atoms with Gasteiger partial charge in [-0.15, -0.1) is 0 Å². The summed E-state index contributed by atoms with van der Waals surface area (Å²) in [5.74, 6) is 0.391. The smallest absolute Gasteiger partial charge is 0.260 e. The summed E-state index contributed by atoms with van der Waals surface area (Å²) in [5.41, 5.74) is 3.34. The second-order valence-electron chi connectivity index (χ2n) is 6.69. The second kappa shape index (κ2) is 7.91. The van der Waals surface area contributed by atoms with Gasteiger partial charge in [-0.05, 0) is 42.7 Å². The predicted molar refractivity (Wildman–Crippen MR) is 111 cm³/mol. The number of para-hydroxylation sites is 1. The van der Waals surface area contributed by atoms with Crippen molar-refractivity contribution < 1.29 is 9.21 Å².